The van der Waals surface area contributed by atoms with Crippen LogP contribution in [0.1, 0.15) is 23.9 Å². The molecule has 0 saturated carbocycles. The van der Waals surface area contributed by atoms with Crippen LogP contribution in [0.15, 0.2) is 58.2 Å². The highest BCUT2D eigenvalue weighted by Gasteiger charge is 2.26. The van der Waals surface area contributed by atoms with E-state index in [1.165, 1.54) is 22.9 Å². The molecule has 1 aromatic heterocycles. The zero-order valence-electron chi connectivity index (χ0n) is 15.9. The van der Waals surface area contributed by atoms with Crippen molar-refractivity contribution < 1.29 is 13.9 Å². The van der Waals surface area contributed by atoms with Crippen LogP contribution < -0.4 is 4.74 Å². The van der Waals surface area contributed by atoms with Gasteiger partial charge in [0.25, 0.3) is 11.1 Å². The van der Waals surface area contributed by atoms with E-state index in [4.69, 9.17) is 20.8 Å². The van der Waals surface area contributed by atoms with Crippen molar-refractivity contribution in [2.75, 3.05) is 6.54 Å². The van der Waals surface area contributed by atoms with Gasteiger partial charge in [0, 0.05) is 18.1 Å². The van der Waals surface area contributed by atoms with Gasteiger partial charge in [0.05, 0.1) is 5.25 Å². The number of hydrogen-bond donors (Lipinski definition) is 0. The molecule has 6 nitrogen and oxygen atoms in total. The average molecular weight is 430 g/mol. The summed E-state index contributed by atoms with van der Waals surface area (Å²) in [5.41, 5.74) is 2.53. The molecule has 150 valence electrons. The Hall–Kier alpha value is -2.51. The Balaban J connectivity index is 1.31. The zero-order chi connectivity index (χ0) is 20.2. The maximum atomic E-state index is 12.8. The third kappa shape index (κ3) is 4.92. The monoisotopic (exact) mass is 429 g/mol. The van der Waals surface area contributed by atoms with Gasteiger partial charge in [0.2, 0.25) is 5.91 Å². The summed E-state index contributed by atoms with van der Waals surface area (Å²) >= 11 is 7.12. The second kappa shape index (κ2) is 8.88. The van der Waals surface area contributed by atoms with Gasteiger partial charge in [-0.2, -0.15) is 0 Å². The Morgan fingerprint density at radius 2 is 1.97 bits per heavy atom. The predicted octanol–water partition coefficient (Wildman–Crippen LogP) is 4.37. The minimum absolute atomic E-state index is 0.0710. The highest BCUT2D eigenvalue weighted by atomic mass is 35.5. The number of thioether (sulfide) groups is 1. The number of ether oxygens (including phenoxy) is 1. The maximum absolute atomic E-state index is 12.8. The van der Waals surface area contributed by atoms with Gasteiger partial charge < -0.3 is 14.1 Å². The molecule has 0 N–H and O–H groups in total. The van der Waals surface area contributed by atoms with Crippen molar-refractivity contribution in [3.8, 4) is 5.75 Å². The van der Waals surface area contributed by atoms with Crippen LogP contribution in [-0.2, 0) is 24.4 Å². The topological polar surface area (TPSA) is 68.5 Å². The molecule has 0 saturated heterocycles. The van der Waals surface area contributed by atoms with Crippen molar-refractivity contribution in [3.05, 3.63) is 70.6 Å². The van der Waals surface area contributed by atoms with Crippen LogP contribution in [0.2, 0.25) is 5.02 Å². The number of benzene rings is 2. The molecule has 2 heterocycles. The summed E-state index contributed by atoms with van der Waals surface area (Å²) in [5, 5.41) is 8.70. The van der Waals surface area contributed by atoms with E-state index in [2.05, 4.69) is 22.3 Å². The number of nitrogens with zero attached hydrogens (tertiary/aromatic N) is 3. The molecule has 0 bridgehead atoms. The maximum Gasteiger partial charge on any atom is 0.277 e. The average Bonchev–Trinajstić information content (AvgIpc) is 3.19. The highest BCUT2D eigenvalue weighted by Crippen LogP contribution is 2.26. The lowest BCUT2D eigenvalue weighted by molar-refractivity contribution is -0.131. The molecular formula is C21H20ClN3O3S. The van der Waals surface area contributed by atoms with Crippen molar-refractivity contribution in [3.63, 3.8) is 0 Å². The van der Waals surface area contributed by atoms with Crippen LogP contribution in [0.3, 0.4) is 0 Å². The summed E-state index contributed by atoms with van der Waals surface area (Å²) in [4.78, 5) is 14.7. The van der Waals surface area contributed by atoms with Crippen LogP contribution in [-0.4, -0.2) is 32.8 Å². The van der Waals surface area contributed by atoms with Gasteiger partial charge in [0.15, 0.2) is 6.61 Å². The molecule has 0 spiro atoms. The molecule has 29 heavy (non-hydrogen) atoms. The second-order valence-corrected chi connectivity index (χ2v) is 8.47. The number of carbonyl (C=O) groups is 1. The second-order valence-electron chi connectivity index (χ2n) is 6.74. The smallest absolute Gasteiger partial charge is 0.277 e. The zero-order valence-corrected chi connectivity index (χ0v) is 17.4. The predicted molar refractivity (Wildman–Crippen MR) is 111 cm³/mol. The van der Waals surface area contributed by atoms with Crippen LogP contribution >= 0.6 is 23.4 Å². The van der Waals surface area contributed by atoms with Crippen molar-refractivity contribution in [2.24, 2.45) is 0 Å². The van der Waals surface area contributed by atoms with Crippen LogP contribution in [0.25, 0.3) is 0 Å². The van der Waals surface area contributed by atoms with E-state index in [1.807, 2.05) is 24.0 Å². The van der Waals surface area contributed by atoms with Gasteiger partial charge in [0.1, 0.15) is 5.75 Å². The summed E-state index contributed by atoms with van der Waals surface area (Å²) < 4.78 is 11.2. The molecule has 0 aliphatic carbocycles. The lowest BCUT2D eigenvalue weighted by Gasteiger charge is -2.30. The molecule has 1 atom stereocenters. The van der Waals surface area contributed by atoms with Crippen LogP contribution in [0.5, 0.6) is 5.75 Å². The number of halogens is 1. The molecule has 0 fully saturated rings. The molecule has 1 aliphatic heterocycles. The fourth-order valence-electron chi connectivity index (χ4n) is 3.16. The number of hydrogen-bond acceptors (Lipinski definition) is 6. The SMILES string of the molecule is CC(Sc1nnc(COc2ccc(Cl)cc2)o1)C(=O)N1CCc2ccccc2C1. The summed E-state index contributed by atoms with van der Waals surface area (Å²) in [6.07, 6.45) is 0.881. The van der Waals surface area contributed by atoms with Gasteiger partial charge in [-0.1, -0.05) is 47.6 Å². The van der Waals surface area contributed by atoms with Gasteiger partial charge in [-0.15, -0.1) is 10.2 Å². The molecular weight excluding hydrogens is 410 g/mol. The van der Waals surface area contributed by atoms with Crippen molar-refractivity contribution in [1.29, 1.82) is 0 Å². The Kier molecular flexibility index (Phi) is 6.06. The largest absolute Gasteiger partial charge is 0.484 e. The first-order valence-corrected chi connectivity index (χ1v) is 10.6. The first-order chi connectivity index (χ1) is 14.1. The Labute approximate surface area is 178 Å². The van der Waals surface area contributed by atoms with Gasteiger partial charge in [-0.25, -0.2) is 0 Å². The van der Waals surface area contributed by atoms with Crippen molar-refractivity contribution in [2.45, 2.75) is 37.0 Å². The van der Waals surface area contributed by atoms with Gasteiger partial charge in [-0.3, -0.25) is 4.79 Å². The van der Waals surface area contributed by atoms with E-state index >= 15 is 0 Å². The minimum atomic E-state index is -0.314. The van der Waals surface area contributed by atoms with Gasteiger partial charge in [-0.05, 0) is 48.7 Å². The van der Waals surface area contributed by atoms with Crippen LogP contribution in [0, 0.1) is 0 Å². The van der Waals surface area contributed by atoms with Crippen LogP contribution in [0.4, 0.5) is 0 Å². The molecule has 4 rings (SSSR count). The number of rotatable bonds is 6. The molecule has 1 aliphatic rings. The molecule has 0 radical (unpaired) electrons. The fourth-order valence-corrected chi connectivity index (χ4v) is 4.07. The number of amides is 1. The lowest BCUT2D eigenvalue weighted by Crippen LogP contribution is -2.40. The van der Waals surface area contributed by atoms with E-state index < -0.39 is 0 Å². The summed E-state index contributed by atoms with van der Waals surface area (Å²) in [6, 6.07) is 15.3. The first-order valence-electron chi connectivity index (χ1n) is 9.31. The van der Waals surface area contributed by atoms with E-state index in [-0.39, 0.29) is 17.8 Å². The Bertz CT molecular complexity index is 993. The van der Waals surface area contributed by atoms with Crippen molar-refractivity contribution in [1.82, 2.24) is 15.1 Å². The Morgan fingerprint density at radius 1 is 1.21 bits per heavy atom. The van der Waals surface area contributed by atoms with Crippen molar-refractivity contribution >= 4 is 29.3 Å². The third-order valence-electron chi connectivity index (χ3n) is 4.69. The Morgan fingerprint density at radius 3 is 2.76 bits per heavy atom. The number of carbonyl (C=O) groups excluding carboxylic acids is 1. The molecule has 8 heteroatoms. The van der Waals surface area contributed by atoms with E-state index in [0.717, 1.165) is 13.0 Å². The molecule has 1 amide bonds. The lowest BCUT2D eigenvalue weighted by atomic mass is 10.00. The molecule has 3 aromatic rings. The van der Waals surface area contributed by atoms with E-state index in [1.54, 1.807) is 24.3 Å². The third-order valence-corrected chi connectivity index (χ3v) is 5.87. The van der Waals surface area contributed by atoms with Gasteiger partial charge >= 0.3 is 0 Å². The summed E-state index contributed by atoms with van der Waals surface area (Å²) in [7, 11) is 0. The van der Waals surface area contributed by atoms with E-state index in [0.29, 0.717) is 28.4 Å². The summed E-state index contributed by atoms with van der Waals surface area (Å²) in [6.45, 7) is 3.39. The summed E-state index contributed by atoms with van der Waals surface area (Å²) in [5.74, 6) is 1.09. The quantitative estimate of drug-likeness (QED) is 0.542. The number of fused-ring (bicyclic) bond motifs is 1. The molecule has 1 unspecified atom stereocenters. The fraction of sp³-hybridized carbons (Fsp3) is 0.286. The highest BCUT2D eigenvalue weighted by molar-refractivity contribution is 8.00. The van der Waals surface area contributed by atoms with E-state index in [9.17, 15) is 4.79 Å². The molecule has 2 aromatic carbocycles. The standard InChI is InChI=1S/C21H20ClN3O3S/c1-14(20(26)25-11-10-15-4-2-3-5-16(15)12-25)29-21-24-23-19(28-21)13-27-18-8-6-17(22)7-9-18/h2-9,14H,10-13H2,1H3. The minimum Gasteiger partial charge on any atom is -0.484 e. The number of aromatic nitrogens is 2. The normalized spacial score (nSPS) is 14.3. The first kappa shape index (κ1) is 19.8.